The lowest BCUT2D eigenvalue weighted by Crippen LogP contribution is -2.27. The van der Waals surface area contributed by atoms with Crippen LogP contribution in [0.15, 0.2) is 40.9 Å². The quantitative estimate of drug-likeness (QED) is 0.396. The molecule has 1 amide bonds. The summed E-state index contributed by atoms with van der Waals surface area (Å²) in [5, 5.41) is 3.63. The van der Waals surface area contributed by atoms with E-state index in [4.69, 9.17) is 14.2 Å². The monoisotopic (exact) mass is 490 g/mol. The molecule has 0 fully saturated rings. The molecule has 30 heavy (non-hydrogen) atoms. The standard InChI is InChI=1S/C22H23BrN2O4S/c1-22(2,3)29-21(26)24-15-7-8-17-19(12-15)30-20(25-17)10-6-14-5-9-18(16(23)11-14)28-13-27-4/h5-12H,13H2,1-4H3,(H,24,26)/b10-6+. The van der Waals surface area contributed by atoms with E-state index in [9.17, 15) is 4.79 Å². The maximum atomic E-state index is 12.0. The van der Waals surface area contributed by atoms with Gasteiger partial charge in [-0.3, -0.25) is 5.32 Å². The molecule has 0 bridgehead atoms. The number of methoxy groups -OCH3 is 1. The van der Waals surface area contributed by atoms with E-state index in [1.807, 2.05) is 69.3 Å². The molecule has 0 saturated carbocycles. The van der Waals surface area contributed by atoms with Gasteiger partial charge in [-0.05, 0) is 78.7 Å². The van der Waals surface area contributed by atoms with Gasteiger partial charge < -0.3 is 14.2 Å². The Morgan fingerprint density at radius 1 is 1.20 bits per heavy atom. The Morgan fingerprint density at radius 2 is 2.00 bits per heavy atom. The van der Waals surface area contributed by atoms with Crippen molar-refractivity contribution in [2.24, 2.45) is 0 Å². The van der Waals surface area contributed by atoms with E-state index in [1.165, 1.54) is 0 Å². The summed E-state index contributed by atoms with van der Waals surface area (Å²) in [5.41, 5.74) is 2.02. The average Bonchev–Trinajstić information content (AvgIpc) is 3.06. The number of ether oxygens (including phenoxy) is 3. The molecular weight excluding hydrogens is 468 g/mol. The zero-order valence-electron chi connectivity index (χ0n) is 17.2. The summed E-state index contributed by atoms with van der Waals surface area (Å²) in [6, 6.07) is 11.4. The van der Waals surface area contributed by atoms with Gasteiger partial charge in [0.2, 0.25) is 0 Å². The summed E-state index contributed by atoms with van der Waals surface area (Å²) in [5.74, 6) is 0.721. The topological polar surface area (TPSA) is 69.7 Å². The van der Waals surface area contributed by atoms with Crippen LogP contribution in [0.25, 0.3) is 22.4 Å². The normalized spacial score (nSPS) is 11.8. The van der Waals surface area contributed by atoms with Gasteiger partial charge in [0.15, 0.2) is 6.79 Å². The van der Waals surface area contributed by atoms with Crippen LogP contribution in [0.4, 0.5) is 10.5 Å². The SMILES string of the molecule is COCOc1ccc(/C=C/c2nc3ccc(NC(=O)OC(C)(C)C)cc3s2)cc1Br. The van der Waals surface area contributed by atoms with Gasteiger partial charge >= 0.3 is 6.09 Å². The van der Waals surface area contributed by atoms with E-state index in [2.05, 4.69) is 26.2 Å². The number of carbonyl (C=O) groups is 1. The van der Waals surface area contributed by atoms with Crippen LogP contribution in [-0.2, 0) is 9.47 Å². The predicted molar refractivity (Wildman–Crippen MR) is 125 cm³/mol. The third kappa shape index (κ3) is 6.29. The number of aromatic nitrogens is 1. The highest BCUT2D eigenvalue weighted by Crippen LogP contribution is 2.29. The Balaban J connectivity index is 1.71. The number of rotatable bonds is 6. The van der Waals surface area contributed by atoms with E-state index in [0.29, 0.717) is 5.69 Å². The lowest BCUT2D eigenvalue weighted by atomic mass is 10.2. The number of anilines is 1. The molecule has 0 aliphatic heterocycles. The molecule has 0 saturated heterocycles. The lowest BCUT2D eigenvalue weighted by molar-refractivity contribution is 0.0506. The smallest absolute Gasteiger partial charge is 0.412 e. The van der Waals surface area contributed by atoms with E-state index < -0.39 is 11.7 Å². The van der Waals surface area contributed by atoms with E-state index in [0.717, 1.165) is 31.0 Å². The van der Waals surface area contributed by atoms with Crippen molar-refractivity contribution in [2.45, 2.75) is 26.4 Å². The number of thiazole rings is 1. The molecule has 0 unspecified atom stereocenters. The Kier molecular flexibility index (Phi) is 7.12. The number of fused-ring (bicyclic) bond motifs is 1. The number of nitrogens with zero attached hydrogens (tertiary/aromatic N) is 1. The fourth-order valence-electron chi connectivity index (χ4n) is 2.54. The highest BCUT2D eigenvalue weighted by atomic mass is 79.9. The molecule has 0 radical (unpaired) electrons. The summed E-state index contributed by atoms with van der Waals surface area (Å²) in [6.45, 7) is 5.69. The number of amides is 1. The van der Waals surface area contributed by atoms with Crippen LogP contribution < -0.4 is 10.1 Å². The second kappa shape index (κ2) is 9.59. The molecule has 3 aromatic rings. The van der Waals surface area contributed by atoms with Gasteiger partial charge in [-0.15, -0.1) is 11.3 Å². The van der Waals surface area contributed by atoms with Gasteiger partial charge in [0.1, 0.15) is 16.4 Å². The Hall–Kier alpha value is -2.42. The van der Waals surface area contributed by atoms with Crippen LogP contribution in [-0.4, -0.2) is 30.6 Å². The maximum absolute atomic E-state index is 12.0. The van der Waals surface area contributed by atoms with Crippen molar-refractivity contribution in [3.8, 4) is 5.75 Å². The summed E-state index contributed by atoms with van der Waals surface area (Å²) in [7, 11) is 1.58. The number of nitrogens with one attached hydrogen (secondary N) is 1. The molecular formula is C22H23BrN2O4S. The number of carbonyl (C=O) groups excluding carboxylic acids is 1. The van der Waals surface area contributed by atoms with E-state index in [-0.39, 0.29) is 6.79 Å². The summed E-state index contributed by atoms with van der Waals surface area (Å²) >= 11 is 5.05. The fourth-order valence-corrected chi connectivity index (χ4v) is 3.96. The van der Waals surface area contributed by atoms with Crippen LogP contribution in [0.1, 0.15) is 31.3 Å². The first-order valence-electron chi connectivity index (χ1n) is 9.23. The minimum Gasteiger partial charge on any atom is -0.466 e. The number of benzene rings is 2. The van der Waals surface area contributed by atoms with Crippen LogP contribution in [0.3, 0.4) is 0 Å². The van der Waals surface area contributed by atoms with E-state index in [1.54, 1.807) is 18.4 Å². The fraction of sp³-hybridized carbons (Fsp3) is 0.273. The van der Waals surface area contributed by atoms with Crippen LogP contribution in [0.5, 0.6) is 5.75 Å². The van der Waals surface area contributed by atoms with Gasteiger partial charge in [0.05, 0.1) is 14.7 Å². The number of hydrogen-bond donors (Lipinski definition) is 1. The zero-order valence-corrected chi connectivity index (χ0v) is 19.6. The molecule has 8 heteroatoms. The number of halogens is 1. The Bertz CT molecular complexity index is 1070. The van der Waals surface area contributed by atoms with Gasteiger partial charge in [-0.25, -0.2) is 9.78 Å². The molecule has 0 aliphatic rings. The third-order valence-electron chi connectivity index (χ3n) is 3.76. The molecule has 1 N–H and O–H groups in total. The van der Waals surface area contributed by atoms with Crippen molar-refractivity contribution in [3.05, 3.63) is 51.4 Å². The minimum atomic E-state index is -0.542. The molecule has 6 nitrogen and oxygen atoms in total. The van der Waals surface area contributed by atoms with Crippen molar-refractivity contribution in [1.82, 2.24) is 4.98 Å². The zero-order chi connectivity index (χ0) is 21.7. The van der Waals surface area contributed by atoms with Crippen LogP contribution >= 0.6 is 27.3 Å². The van der Waals surface area contributed by atoms with Gasteiger partial charge in [0.25, 0.3) is 0 Å². The Morgan fingerprint density at radius 3 is 2.70 bits per heavy atom. The largest absolute Gasteiger partial charge is 0.466 e. The minimum absolute atomic E-state index is 0.199. The van der Waals surface area contributed by atoms with Crippen molar-refractivity contribution >= 4 is 61.4 Å². The Labute approximate surface area is 188 Å². The lowest BCUT2D eigenvalue weighted by Gasteiger charge is -2.19. The van der Waals surface area contributed by atoms with Crippen LogP contribution in [0.2, 0.25) is 0 Å². The van der Waals surface area contributed by atoms with Crippen molar-refractivity contribution < 1.29 is 19.0 Å². The predicted octanol–water partition coefficient (Wildman–Crippen LogP) is 6.56. The highest BCUT2D eigenvalue weighted by molar-refractivity contribution is 9.10. The van der Waals surface area contributed by atoms with Crippen molar-refractivity contribution in [3.63, 3.8) is 0 Å². The summed E-state index contributed by atoms with van der Waals surface area (Å²) < 4.78 is 17.5. The van der Waals surface area contributed by atoms with Gasteiger partial charge in [-0.1, -0.05) is 12.1 Å². The molecule has 0 aliphatic carbocycles. The third-order valence-corrected chi connectivity index (χ3v) is 5.36. The first kappa shape index (κ1) is 22.3. The van der Waals surface area contributed by atoms with Gasteiger partial charge in [-0.2, -0.15) is 0 Å². The molecule has 0 spiro atoms. The second-order valence-electron chi connectivity index (χ2n) is 7.44. The summed E-state index contributed by atoms with van der Waals surface area (Å²) in [4.78, 5) is 16.6. The molecule has 3 rings (SSSR count). The molecule has 0 atom stereocenters. The van der Waals surface area contributed by atoms with Crippen LogP contribution in [0, 0.1) is 0 Å². The van der Waals surface area contributed by atoms with E-state index >= 15 is 0 Å². The number of hydrogen-bond acceptors (Lipinski definition) is 6. The molecule has 158 valence electrons. The van der Waals surface area contributed by atoms with Crippen molar-refractivity contribution in [1.29, 1.82) is 0 Å². The van der Waals surface area contributed by atoms with Gasteiger partial charge in [0, 0.05) is 12.8 Å². The molecule has 1 aromatic heterocycles. The average molecular weight is 491 g/mol. The van der Waals surface area contributed by atoms with Crippen molar-refractivity contribution in [2.75, 3.05) is 19.2 Å². The molecule has 1 heterocycles. The second-order valence-corrected chi connectivity index (χ2v) is 9.35. The molecule has 2 aromatic carbocycles. The first-order chi connectivity index (χ1) is 14.2. The maximum Gasteiger partial charge on any atom is 0.412 e. The summed E-state index contributed by atoms with van der Waals surface area (Å²) in [6.07, 6.45) is 3.47. The highest BCUT2D eigenvalue weighted by Gasteiger charge is 2.16. The first-order valence-corrected chi connectivity index (χ1v) is 10.8.